The van der Waals surface area contributed by atoms with Crippen LogP contribution >= 0.6 is 11.6 Å². The van der Waals surface area contributed by atoms with Crippen molar-refractivity contribution in [2.75, 3.05) is 19.8 Å². The van der Waals surface area contributed by atoms with Gasteiger partial charge in [0.1, 0.15) is 12.4 Å². The highest BCUT2D eigenvalue weighted by Gasteiger charge is 2.21. The van der Waals surface area contributed by atoms with Gasteiger partial charge in [0.2, 0.25) is 0 Å². The molecule has 0 spiro atoms. The molecule has 1 aliphatic rings. The van der Waals surface area contributed by atoms with E-state index in [1.807, 2.05) is 25.1 Å². The summed E-state index contributed by atoms with van der Waals surface area (Å²) in [7, 11) is 0. The van der Waals surface area contributed by atoms with E-state index < -0.39 is 0 Å². The van der Waals surface area contributed by atoms with Crippen LogP contribution < -0.4 is 10.1 Å². The van der Waals surface area contributed by atoms with Crippen molar-refractivity contribution in [1.82, 2.24) is 5.32 Å². The van der Waals surface area contributed by atoms with Gasteiger partial charge in [0.05, 0.1) is 6.10 Å². The maximum absolute atomic E-state index is 5.95. The molecule has 4 heteroatoms. The van der Waals surface area contributed by atoms with Gasteiger partial charge in [-0.2, -0.15) is 0 Å². The number of hydrogen-bond donors (Lipinski definition) is 1. The fourth-order valence-corrected chi connectivity index (χ4v) is 2.47. The zero-order valence-corrected chi connectivity index (χ0v) is 12.4. The minimum atomic E-state index is 0.355. The first-order chi connectivity index (χ1) is 9.16. The second kappa shape index (κ2) is 7.13. The molecular weight excluding hydrogens is 262 g/mol. The lowest BCUT2D eigenvalue weighted by atomic mass is 10.1. The predicted molar refractivity (Wildman–Crippen MR) is 78.1 cm³/mol. The summed E-state index contributed by atoms with van der Waals surface area (Å²) in [5.74, 6) is 0.860. The van der Waals surface area contributed by atoms with Crippen LogP contribution in [0.2, 0.25) is 5.02 Å². The zero-order chi connectivity index (χ0) is 13.7. The minimum Gasteiger partial charge on any atom is -0.492 e. The highest BCUT2D eigenvalue weighted by molar-refractivity contribution is 6.30. The van der Waals surface area contributed by atoms with Crippen molar-refractivity contribution in [3.8, 4) is 5.75 Å². The molecule has 0 aliphatic carbocycles. The van der Waals surface area contributed by atoms with Gasteiger partial charge in [-0.3, -0.25) is 0 Å². The Hall–Kier alpha value is -0.770. The maximum atomic E-state index is 5.95. The van der Waals surface area contributed by atoms with E-state index in [0.29, 0.717) is 23.8 Å². The van der Waals surface area contributed by atoms with Crippen LogP contribution in [0.4, 0.5) is 0 Å². The molecule has 1 aromatic rings. The van der Waals surface area contributed by atoms with Crippen molar-refractivity contribution >= 4 is 11.6 Å². The average Bonchev–Trinajstić information content (AvgIpc) is 2.92. The molecule has 1 fully saturated rings. The minimum absolute atomic E-state index is 0.355. The standard InChI is InChI=1S/C15H22ClNO2/c1-11-5-6-13(16)10-15(11)19-9-7-17-12(2)14-4-3-8-18-14/h5-6,10,12,14,17H,3-4,7-9H2,1-2H3. The molecule has 19 heavy (non-hydrogen) atoms. The van der Waals surface area contributed by atoms with Crippen LogP contribution in [0.25, 0.3) is 0 Å². The van der Waals surface area contributed by atoms with Gasteiger partial charge in [0, 0.05) is 24.2 Å². The van der Waals surface area contributed by atoms with E-state index in [9.17, 15) is 0 Å². The van der Waals surface area contributed by atoms with Crippen molar-refractivity contribution in [3.05, 3.63) is 28.8 Å². The third kappa shape index (κ3) is 4.37. The Balaban J connectivity index is 1.70. The highest BCUT2D eigenvalue weighted by Crippen LogP contribution is 2.22. The highest BCUT2D eigenvalue weighted by atomic mass is 35.5. The van der Waals surface area contributed by atoms with E-state index in [0.717, 1.165) is 30.9 Å². The lowest BCUT2D eigenvalue weighted by molar-refractivity contribution is 0.0824. The molecule has 106 valence electrons. The molecule has 0 bridgehead atoms. The summed E-state index contributed by atoms with van der Waals surface area (Å²) < 4.78 is 11.4. The first-order valence-electron chi connectivity index (χ1n) is 6.91. The van der Waals surface area contributed by atoms with E-state index in [1.165, 1.54) is 6.42 Å². The van der Waals surface area contributed by atoms with Gasteiger partial charge in [0.15, 0.2) is 0 Å². The Kier molecular flexibility index (Phi) is 5.49. The molecule has 1 N–H and O–H groups in total. The summed E-state index contributed by atoms with van der Waals surface area (Å²) in [5.41, 5.74) is 1.11. The maximum Gasteiger partial charge on any atom is 0.123 e. The fraction of sp³-hybridized carbons (Fsp3) is 0.600. The van der Waals surface area contributed by atoms with Crippen LogP contribution in [-0.4, -0.2) is 31.9 Å². The van der Waals surface area contributed by atoms with Crippen LogP contribution in [0.5, 0.6) is 5.75 Å². The zero-order valence-electron chi connectivity index (χ0n) is 11.6. The van der Waals surface area contributed by atoms with E-state index in [1.54, 1.807) is 0 Å². The molecule has 2 unspecified atom stereocenters. The van der Waals surface area contributed by atoms with Crippen LogP contribution in [0.1, 0.15) is 25.3 Å². The van der Waals surface area contributed by atoms with Gasteiger partial charge in [-0.25, -0.2) is 0 Å². The Labute approximate surface area is 120 Å². The van der Waals surface area contributed by atoms with Crippen molar-refractivity contribution in [3.63, 3.8) is 0 Å². The van der Waals surface area contributed by atoms with E-state index in [-0.39, 0.29) is 0 Å². The topological polar surface area (TPSA) is 30.5 Å². The Morgan fingerprint density at radius 2 is 2.37 bits per heavy atom. The van der Waals surface area contributed by atoms with E-state index in [2.05, 4.69) is 12.2 Å². The molecule has 1 aromatic carbocycles. The predicted octanol–water partition coefficient (Wildman–Crippen LogP) is 3.18. The number of hydrogen-bond acceptors (Lipinski definition) is 3. The molecule has 0 radical (unpaired) electrons. The van der Waals surface area contributed by atoms with E-state index in [4.69, 9.17) is 21.1 Å². The summed E-state index contributed by atoms with van der Waals surface area (Å²) in [4.78, 5) is 0. The van der Waals surface area contributed by atoms with Crippen molar-refractivity contribution in [2.24, 2.45) is 0 Å². The van der Waals surface area contributed by atoms with Crippen LogP contribution in [-0.2, 0) is 4.74 Å². The van der Waals surface area contributed by atoms with Crippen LogP contribution in [0, 0.1) is 6.92 Å². The van der Waals surface area contributed by atoms with Gasteiger partial charge in [-0.1, -0.05) is 17.7 Å². The van der Waals surface area contributed by atoms with Gasteiger partial charge < -0.3 is 14.8 Å². The molecule has 0 aromatic heterocycles. The molecule has 0 saturated carbocycles. The second-order valence-corrected chi connectivity index (χ2v) is 5.49. The van der Waals surface area contributed by atoms with Crippen molar-refractivity contribution in [2.45, 2.75) is 38.8 Å². The third-order valence-electron chi connectivity index (χ3n) is 3.50. The molecular formula is C15H22ClNO2. The molecule has 2 atom stereocenters. The van der Waals surface area contributed by atoms with Gasteiger partial charge >= 0.3 is 0 Å². The summed E-state index contributed by atoms with van der Waals surface area (Å²) in [6, 6.07) is 6.09. The molecule has 1 aliphatic heterocycles. The quantitative estimate of drug-likeness (QED) is 0.814. The Morgan fingerprint density at radius 3 is 3.11 bits per heavy atom. The fourth-order valence-electron chi connectivity index (χ4n) is 2.31. The van der Waals surface area contributed by atoms with Crippen molar-refractivity contribution in [1.29, 1.82) is 0 Å². The van der Waals surface area contributed by atoms with Crippen LogP contribution in [0.15, 0.2) is 18.2 Å². The van der Waals surface area contributed by atoms with Crippen molar-refractivity contribution < 1.29 is 9.47 Å². The van der Waals surface area contributed by atoms with Gasteiger partial charge in [-0.05, 0) is 44.4 Å². The molecule has 2 rings (SSSR count). The normalized spacial score (nSPS) is 20.5. The molecule has 1 saturated heterocycles. The number of benzene rings is 1. The third-order valence-corrected chi connectivity index (χ3v) is 3.73. The largest absolute Gasteiger partial charge is 0.492 e. The number of rotatable bonds is 6. The Morgan fingerprint density at radius 1 is 1.53 bits per heavy atom. The summed E-state index contributed by atoms with van der Waals surface area (Å²) in [6.07, 6.45) is 2.69. The number of halogens is 1. The second-order valence-electron chi connectivity index (χ2n) is 5.05. The first kappa shape index (κ1) is 14.6. The Bertz CT molecular complexity index is 405. The van der Waals surface area contributed by atoms with Gasteiger partial charge in [-0.15, -0.1) is 0 Å². The van der Waals surface area contributed by atoms with E-state index >= 15 is 0 Å². The number of aryl methyl sites for hydroxylation is 1. The molecule has 0 amide bonds. The molecule has 1 heterocycles. The summed E-state index contributed by atoms with van der Waals surface area (Å²) in [5, 5.41) is 4.16. The number of nitrogens with one attached hydrogen (secondary N) is 1. The average molecular weight is 284 g/mol. The van der Waals surface area contributed by atoms with Crippen LogP contribution in [0.3, 0.4) is 0 Å². The SMILES string of the molecule is Cc1ccc(Cl)cc1OCCNC(C)C1CCCO1. The molecule has 3 nitrogen and oxygen atoms in total. The lowest BCUT2D eigenvalue weighted by Gasteiger charge is -2.20. The lowest BCUT2D eigenvalue weighted by Crippen LogP contribution is -2.39. The first-order valence-corrected chi connectivity index (χ1v) is 7.28. The number of ether oxygens (including phenoxy) is 2. The smallest absolute Gasteiger partial charge is 0.123 e. The van der Waals surface area contributed by atoms with Gasteiger partial charge in [0.25, 0.3) is 0 Å². The monoisotopic (exact) mass is 283 g/mol. The summed E-state index contributed by atoms with van der Waals surface area (Å²) in [6.45, 7) is 6.54. The summed E-state index contributed by atoms with van der Waals surface area (Å²) >= 11 is 5.95.